The van der Waals surface area contributed by atoms with Gasteiger partial charge in [0.25, 0.3) is 0 Å². The summed E-state index contributed by atoms with van der Waals surface area (Å²) in [5, 5.41) is 0. The molecule has 0 amide bonds. The predicted octanol–water partition coefficient (Wildman–Crippen LogP) is 16.4. The number of nitrogens with zero attached hydrogens (tertiary/aromatic N) is 2. The first-order valence-electron chi connectivity index (χ1n) is 22.5. The largest absolute Gasteiger partial charge is 2.00 e. The van der Waals surface area contributed by atoms with Crippen LogP contribution in [0.5, 0.6) is 0 Å². The summed E-state index contributed by atoms with van der Waals surface area (Å²) in [6.07, 6.45) is 23.7. The minimum Gasteiger partial charge on any atom is -0.493 e. The third-order valence-corrected chi connectivity index (χ3v) is 10.6. The molecule has 310 valence electrons. The van der Waals surface area contributed by atoms with E-state index < -0.39 is 0 Å². The summed E-state index contributed by atoms with van der Waals surface area (Å²) in [6, 6.07) is 39.5. The Hall–Kier alpha value is -3.55. The van der Waals surface area contributed by atoms with Crippen LogP contribution in [0, 0.1) is 12.1 Å². The molecule has 1 aliphatic heterocycles. The van der Waals surface area contributed by atoms with Gasteiger partial charge in [-0.25, -0.2) is 4.70 Å². The molecule has 0 aromatic heterocycles. The van der Waals surface area contributed by atoms with Gasteiger partial charge in [-0.15, -0.1) is 0 Å². The van der Waals surface area contributed by atoms with Gasteiger partial charge in [-0.2, -0.15) is 72.8 Å². The van der Waals surface area contributed by atoms with Crippen molar-refractivity contribution in [3.05, 3.63) is 159 Å². The van der Waals surface area contributed by atoms with E-state index in [4.69, 9.17) is 0 Å². The summed E-state index contributed by atoms with van der Waals surface area (Å²) in [6.45, 7) is 13.7. The van der Waals surface area contributed by atoms with Crippen LogP contribution < -0.4 is 0 Å². The number of aryl methyl sites for hydroxylation is 4. The average molecular weight is 810 g/mol. The van der Waals surface area contributed by atoms with Gasteiger partial charge in [-0.05, 0) is 117 Å². The van der Waals surface area contributed by atoms with Crippen molar-refractivity contribution in [3.63, 3.8) is 0 Å². The Morgan fingerprint density at radius 2 is 0.754 bits per heavy atom. The molecule has 2 nitrogen and oxygen atoms in total. The van der Waals surface area contributed by atoms with Crippen LogP contribution >= 0.6 is 0 Å². The predicted molar refractivity (Wildman–Crippen MR) is 244 cm³/mol. The van der Waals surface area contributed by atoms with Crippen molar-refractivity contribution >= 4 is 11.4 Å². The van der Waals surface area contributed by atoms with Crippen molar-refractivity contribution in [3.8, 4) is 0 Å². The number of rotatable bonds is 22. The molecule has 57 heavy (non-hydrogen) atoms. The second-order valence-corrected chi connectivity index (χ2v) is 15.5. The summed E-state index contributed by atoms with van der Waals surface area (Å²) >= 11 is 0. The van der Waals surface area contributed by atoms with Crippen LogP contribution in [-0.2, 0) is 42.2 Å². The normalized spacial score (nSPS) is 12.1. The maximum atomic E-state index is 12.3. The third kappa shape index (κ3) is 17.9. The van der Waals surface area contributed by atoms with Crippen LogP contribution in [0.3, 0.4) is 0 Å². The van der Waals surface area contributed by atoms with Crippen molar-refractivity contribution in [2.24, 2.45) is 0 Å². The number of hydrogen-bond donors (Lipinski definition) is 0. The maximum Gasteiger partial charge on any atom is 2.00 e. The van der Waals surface area contributed by atoms with E-state index in [1.165, 1.54) is 122 Å². The average Bonchev–Trinajstić information content (AvgIpc) is 3.53. The molecule has 4 aromatic rings. The topological polar surface area (TPSA) is 25.3 Å². The summed E-state index contributed by atoms with van der Waals surface area (Å²) in [5.41, 5.74) is 25.1. The minimum absolute atomic E-state index is 0. The Morgan fingerprint density at radius 1 is 0.404 bits per heavy atom. The molecule has 5 rings (SSSR count). The van der Waals surface area contributed by atoms with Crippen molar-refractivity contribution in [2.45, 2.75) is 170 Å². The second kappa shape index (κ2) is 30.5. The van der Waals surface area contributed by atoms with E-state index >= 15 is 0 Å². The summed E-state index contributed by atoms with van der Waals surface area (Å²) in [4.78, 5) is 0. The summed E-state index contributed by atoms with van der Waals surface area (Å²) in [5.74, 6) is 0. The molecule has 0 fully saturated rings. The SMILES string of the molecule is CCCCCCc1cc(CCCC)cc(C2=C(CC)C(CCCC)=C(c3cc(CCCC)cc(CCCCCC)c3)[N+]2=[N-])c1.[Ni+2].[c-]1ccccc1.[c-]1ccccc1. The fourth-order valence-corrected chi connectivity index (χ4v) is 7.58. The first-order chi connectivity index (χ1) is 27.5. The number of allylic oxidation sites excluding steroid dienone is 2. The van der Waals surface area contributed by atoms with Gasteiger partial charge in [0.05, 0.1) is 0 Å². The zero-order chi connectivity index (χ0) is 40.2. The molecular weight excluding hydrogens is 735 g/mol. The molecular formula is C54H74N2Ni. The third-order valence-electron chi connectivity index (χ3n) is 10.6. The van der Waals surface area contributed by atoms with Crippen LogP contribution in [0.1, 0.15) is 178 Å². The van der Waals surface area contributed by atoms with E-state index in [0.29, 0.717) is 0 Å². The van der Waals surface area contributed by atoms with Gasteiger partial charge in [0.2, 0.25) is 11.4 Å². The van der Waals surface area contributed by atoms with Gasteiger partial charge in [0, 0.05) is 22.3 Å². The van der Waals surface area contributed by atoms with Gasteiger partial charge in [0.1, 0.15) is 0 Å². The maximum absolute atomic E-state index is 12.3. The molecule has 0 unspecified atom stereocenters. The first-order valence-corrected chi connectivity index (χ1v) is 22.5. The molecule has 3 heteroatoms. The minimum atomic E-state index is 0. The standard InChI is InChI=1S/C42H64N2.2C6H5.Ni/c1-7-13-18-20-24-35-27-33(22-15-9-3)29-37(31-35)41-39(12-6)40(26-17-11-5)42(44(41)43)38-30-34(23-16-10-4)28-36(32-38)25-21-19-14-8-2;2*1-2-4-6-5-3-1;/h27-32H,7-26H2,1-6H3;2*1-5H;/q;2*-1;+2. The van der Waals surface area contributed by atoms with Crippen molar-refractivity contribution < 1.29 is 21.2 Å². The molecule has 0 N–H and O–H groups in total. The van der Waals surface area contributed by atoms with E-state index in [-0.39, 0.29) is 16.5 Å². The Kier molecular flexibility index (Phi) is 26.6. The van der Waals surface area contributed by atoms with E-state index in [1.807, 2.05) is 60.7 Å². The zero-order valence-corrected chi connectivity index (χ0v) is 37.6. The first kappa shape index (κ1) is 49.6. The number of benzene rings is 4. The molecule has 0 radical (unpaired) electrons. The van der Waals surface area contributed by atoms with Gasteiger partial charge in [-0.3, -0.25) is 0 Å². The number of hydrogen-bond acceptors (Lipinski definition) is 0. The van der Waals surface area contributed by atoms with Crippen molar-refractivity contribution in [1.82, 2.24) is 0 Å². The van der Waals surface area contributed by atoms with Gasteiger partial charge >= 0.3 is 16.5 Å². The van der Waals surface area contributed by atoms with E-state index in [1.54, 1.807) is 4.70 Å². The van der Waals surface area contributed by atoms with E-state index in [2.05, 4.69) is 90.1 Å². The van der Waals surface area contributed by atoms with Crippen molar-refractivity contribution in [1.29, 1.82) is 0 Å². The van der Waals surface area contributed by atoms with E-state index in [0.717, 1.165) is 62.8 Å². The van der Waals surface area contributed by atoms with Crippen LogP contribution in [-0.4, -0.2) is 4.70 Å². The molecule has 0 atom stereocenters. The fraction of sp³-hybridized carbons (Fsp3) is 0.481. The molecule has 0 bridgehead atoms. The van der Waals surface area contributed by atoms with Crippen LogP contribution in [0.2, 0.25) is 0 Å². The molecule has 0 spiro atoms. The monoisotopic (exact) mass is 809 g/mol. The molecule has 1 aliphatic rings. The van der Waals surface area contributed by atoms with Gasteiger partial charge < -0.3 is 5.53 Å². The Labute approximate surface area is 360 Å². The Morgan fingerprint density at radius 3 is 1.07 bits per heavy atom. The van der Waals surface area contributed by atoms with Crippen LogP contribution in [0.4, 0.5) is 0 Å². The Balaban J connectivity index is 0.000000730. The summed E-state index contributed by atoms with van der Waals surface area (Å²) < 4.78 is 1.61. The van der Waals surface area contributed by atoms with Crippen LogP contribution in [0.25, 0.3) is 16.9 Å². The van der Waals surface area contributed by atoms with E-state index in [9.17, 15) is 5.53 Å². The second-order valence-electron chi connectivity index (χ2n) is 15.5. The molecule has 0 saturated carbocycles. The molecule has 0 saturated heterocycles. The van der Waals surface area contributed by atoms with Crippen LogP contribution in [0.15, 0.2) is 108 Å². The van der Waals surface area contributed by atoms with Gasteiger partial charge in [0.15, 0.2) is 0 Å². The molecule has 0 aliphatic carbocycles. The Bertz CT molecular complexity index is 1630. The smallest absolute Gasteiger partial charge is 0.493 e. The molecule has 1 heterocycles. The quantitative estimate of drug-likeness (QED) is 0.0327. The summed E-state index contributed by atoms with van der Waals surface area (Å²) in [7, 11) is 0. The zero-order valence-electron chi connectivity index (χ0n) is 36.6. The van der Waals surface area contributed by atoms with Gasteiger partial charge in [-0.1, -0.05) is 111 Å². The number of unbranched alkanes of at least 4 members (excludes halogenated alkanes) is 9. The van der Waals surface area contributed by atoms with Crippen molar-refractivity contribution in [2.75, 3.05) is 0 Å². The molecule has 4 aromatic carbocycles. The fourth-order valence-electron chi connectivity index (χ4n) is 7.58.